The molecule has 14 heavy (non-hydrogen) atoms. The van der Waals surface area contributed by atoms with Crippen LogP contribution in [0.1, 0.15) is 0 Å². The number of rotatable bonds is 1. The van der Waals surface area contributed by atoms with Gasteiger partial charge in [-0.3, -0.25) is 0 Å². The molecule has 0 saturated heterocycles. The van der Waals surface area contributed by atoms with Crippen molar-refractivity contribution in [3.05, 3.63) is 10.7 Å². The first-order chi connectivity index (χ1) is 6.24. The maximum Gasteiger partial charge on any atom is 0.228 e. The van der Waals surface area contributed by atoms with Gasteiger partial charge in [0.05, 0.1) is 4.47 Å². The first kappa shape index (κ1) is 11.7. The van der Waals surface area contributed by atoms with E-state index >= 15 is 0 Å². The number of hydrogen-bond donors (Lipinski definition) is 1. The molecule has 0 aliphatic carbocycles. The second-order valence-corrected chi connectivity index (χ2v) is 3.94. The Morgan fingerprint density at radius 1 is 1.50 bits per heavy atom. The van der Waals surface area contributed by atoms with E-state index in [2.05, 4.69) is 31.1 Å². The molecule has 0 atom stereocenters. The van der Waals surface area contributed by atoms with E-state index in [1.165, 1.54) is 11.8 Å². The lowest BCUT2D eigenvalue weighted by Gasteiger charge is -2.01. The molecule has 0 aromatic carbocycles. The van der Waals surface area contributed by atoms with E-state index in [9.17, 15) is 0 Å². The van der Waals surface area contributed by atoms with Crippen LogP contribution in [-0.2, 0) is 0 Å². The molecular weight excluding hydrogens is 334 g/mol. The van der Waals surface area contributed by atoms with Crippen molar-refractivity contribution in [2.24, 2.45) is 0 Å². The summed E-state index contributed by atoms with van der Waals surface area (Å²) in [6.07, 6.45) is 3.62. The third-order valence-corrected chi connectivity index (χ3v) is 2.78. The molecule has 0 amide bonds. The third kappa shape index (κ3) is 1.73. The summed E-state index contributed by atoms with van der Waals surface area (Å²) in [5, 5.41) is 8.47. The van der Waals surface area contributed by atoms with E-state index in [1.807, 2.05) is 6.26 Å². The van der Waals surface area contributed by atoms with Gasteiger partial charge in [0, 0.05) is 6.20 Å². The number of anilines is 1. The highest BCUT2D eigenvalue weighted by Crippen LogP contribution is 2.22. The molecule has 76 valence electrons. The smallest absolute Gasteiger partial charge is 0.228 e. The molecule has 0 aliphatic heterocycles. The number of fused-ring (bicyclic) bond motifs is 1. The van der Waals surface area contributed by atoms with Crippen molar-refractivity contribution in [1.82, 2.24) is 19.6 Å². The summed E-state index contributed by atoms with van der Waals surface area (Å²) in [5.74, 6) is 0.355. The minimum atomic E-state index is 0. The van der Waals surface area contributed by atoms with Crippen molar-refractivity contribution in [3.63, 3.8) is 0 Å². The highest BCUT2D eigenvalue weighted by molar-refractivity contribution is 9.10. The zero-order valence-corrected chi connectivity index (χ0v) is 11.3. The highest BCUT2D eigenvalue weighted by Gasteiger charge is 2.09. The zero-order valence-electron chi connectivity index (χ0n) is 7.14. The van der Waals surface area contributed by atoms with Crippen LogP contribution in [0.2, 0.25) is 0 Å². The fraction of sp³-hybridized carbons (Fsp3) is 0.167. The summed E-state index contributed by atoms with van der Waals surface area (Å²) in [4.78, 5) is 4.18. The largest absolute Gasteiger partial charge is 0.368 e. The summed E-state index contributed by atoms with van der Waals surface area (Å²) < 4.78 is 2.49. The van der Waals surface area contributed by atoms with Crippen LogP contribution in [0.15, 0.2) is 15.8 Å². The van der Waals surface area contributed by atoms with Crippen molar-refractivity contribution in [3.8, 4) is 0 Å². The number of hydrogen-bond acceptors (Lipinski definition) is 5. The fourth-order valence-corrected chi connectivity index (χ4v) is 1.89. The van der Waals surface area contributed by atoms with E-state index in [4.69, 9.17) is 5.73 Å². The standard InChI is InChI=1S/C6H6BrN5S.BrH/c1-13-6-9-2-3(7)4-10-11-5(8)12(4)6;/h2H,1H3,(H2,8,11);1H. The van der Waals surface area contributed by atoms with Crippen molar-refractivity contribution in [1.29, 1.82) is 0 Å². The summed E-state index contributed by atoms with van der Waals surface area (Å²) >= 11 is 4.82. The number of nitrogen functional groups attached to an aromatic ring is 1. The van der Waals surface area contributed by atoms with Crippen molar-refractivity contribution in [2.75, 3.05) is 12.0 Å². The van der Waals surface area contributed by atoms with E-state index in [0.29, 0.717) is 11.6 Å². The Hall–Kier alpha value is -0.340. The molecule has 2 rings (SSSR count). The highest BCUT2D eigenvalue weighted by atomic mass is 79.9. The number of thioether (sulfide) groups is 1. The number of halogens is 2. The Bertz CT molecular complexity index is 457. The van der Waals surface area contributed by atoms with Crippen LogP contribution in [0.25, 0.3) is 5.65 Å². The lowest BCUT2D eigenvalue weighted by molar-refractivity contribution is 0.904. The predicted molar refractivity (Wildman–Crippen MR) is 65.0 cm³/mol. The molecule has 0 unspecified atom stereocenters. The van der Waals surface area contributed by atoms with Crippen molar-refractivity contribution in [2.45, 2.75) is 5.16 Å². The van der Waals surface area contributed by atoms with Crippen LogP contribution in [0.5, 0.6) is 0 Å². The minimum Gasteiger partial charge on any atom is -0.368 e. The van der Waals surface area contributed by atoms with Crippen molar-refractivity contribution < 1.29 is 0 Å². The molecule has 0 radical (unpaired) electrons. The van der Waals surface area contributed by atoms with Crippen LogP contribution in [0, 0.1) is 0 Å². The van der Waals surface area contributed by atoms with Gasteiger partial charge in [-0.05, 0) is 22.2 Å². The lowest BCUT2D eigenvalue weighted by atomic mass is 10.6. The van der Waals surface area contributed by atoms with Gasteiger partial charge in [0.15, 0.2) is 10.8 Å². The molecule has 2 aromatic heterocycles. The summed E-state index contributed by atoms with van der Waals surface area (Å²) in [7, 11) is 0. The van der Waals surface area contributed by atoms with Gasteiger partial charge in [0.25, 0.3) is 0 Å². The molecule has 0 bridgehead atoms. The summed E-state index contributed by atoms with van der Waals surface area (Å²) in [5.41, 5.74) is 6.33. The SMILES string of the molecule is Br.CSc1ncc(Br)c2nnc(N)n12. The van der Waals surface area contributed by atoms with Gasteiger partial charge < -0.3 is 5.73 Å². The maximum absolute atomic E-state index is 5.64. The monoisotopic (exact) mass is 339 g/mol. The molecule has 8 heteroatoms. The predicted octanol–water partition coefficient (Wildman–Crippen LogP) is 1.77. The van der Waals surface area contributed by atoms with Gasteiger partial charge in [-0.2, -0.15) is 0 Å². The molecule has 0 saturated carbocycles. The van der Waals surface area contributed by atoms with Gasteiger partial charge in [-0.15, -0.1) is 27.2 Å². The Balaban J connectivity index is 0.000000980. The van der Waals surface area contributed by atoms with E-state index in [-0.39, 0.29) is 17.0 Å². The molecular formula is C6H7Br2N5S. The van der Waals surface area contributed by atoms with Gasteiger partial charge in [-0.25, -0.2) is 9.38 Å². The molecule has 0 spiro atoms. The normalized spacial score (nSPS) is 10.1. The quantitative estimate of drug-likeness (QED) is 0.633. The maximum atomic E-state index is 5.64. The first-order valence-corrected chi connectivity index (χ1v) is 5.45. The Morgan fingerprint density at radius 2 is 2.21 bits per heavy atom. The number of nitrogens with zero attached hydrogens (tertiary/aromatic N) is 4. The molecule has 2 aromatic rings. The topological polar surface area (TPSA) is 69.1 Å². The van der Waals surface area contributed by atoms with Crippen LogP contribution in [0.4, 0.5) is 5.95 Å². The van der Waals surface area contributed by atoms with Gasteiger partial charge in [0.2, 0.25) is 5.95 Å². The molecule has 2 N–H and O–H groups in total. The van der Waals surface area contributed by atoms with Crippen LogP contribution in [-0.4, -0.2) is 25.8 Å². The molecule has 5 nitrogen and oxygen atoms in total. The second kappa shape index (κ2) is 4.45. The number of aromatic nitrogens is 4. The van der Waals surface area contributed by atoms with Gasteiger partial charge in [0.1, 0.15) is 0 Å². The van der Waals surface area contributed by atoms with Gasteiger partial charge in [-0.1, -0.05) is 11.8 Å². The molecule has 0 aliphatic rings. The fourth-order valence-electron chi connectivity index (χ4n) is 1.01. The minimum absolute atomic E-state index is 0. The third-order valence-electron chi connectivity index (χ3n) is 1.56. The van der Waals surface area contributed by atoms with Crippen molar-refractivity contribution >= 4 is 56.3 Å². The van der Waals surface area contributed by atoms with Crippen LogP contribution >= 0.6 is 44.7 Å². The Morgan fingerprint density at radius 3 is 2.86 bits per heavy atom. The van der Waals surface area contributed by atoms with E-state index in [1.54, 1.807) is 10.6 Å². The Labute approximate surface area is 103 Å². The average Bonchev–Trinajstić information content (AvgIpc) is 2.51. The summed E-state index contributed by atoms with van der Waals surface area (Å²) in [6, 6.07) is 0. The molecule has 2 heterocycles. The van der Waals surface area contributed by atoms with Crippen LogP contribution < -0.4 is 5.73 Å². The lowest BCUT2D eigenvalue weighted by Crippen LogP contribution is -1.99. The Kier molecular flexibility index (Phi) is 3.73. The van der Waals surface area contributed by atoms with E-state index < -0.39 is 0 Å². The number of nitrogens with two attached hydrogens (primary N) is 1. The zero-order chi connectivity index (χ0) is 9.42. The van der Waals surface area contributed by atoms with E-state index in [0.717, 1.165) is 9.63 Å². The first-order valence-electron chi connectivity index (χ1n) is 3.43. The van der Waals surface area contributed by atoms with Crippen LogP contribution in [0.3, 0.4) is 0 Å². The average molecular weight is 341 g/mol. The molecule has 0 fully saturated rings. The second-order valence-electron chi connectivity index (χ2n) is 2.31. The van der Waals surface area contributed by atoms with Gasteiger partial charge >= 0.3 is 0 Å². The summed E-state index contributed by atoms with van der Waals surface area (Å²) in [6.45, 7) is 0.